The van der Waals surface area contributed by atoms with Crippen molar-refractivity contribution in [3.63, 3.8) is 0 Å². The molecule has 1 spiro atoms. The van der Waals surface area contributed by atoms with Gasteiger partial charge < -0.3 is 24.4 Å². The molecule has 1 N–H and O–H groups in total. The number of carbonyl (C=O) groups is 1. The summed E-state index contributed by atoms with van der Waals surface area (Å²) in [5, 5.41) is 3.07. The Morgan fingerprint density at radius 2 is 1.80 bits per heavy atom. The van der Waals surface area contributed by atoms with Crippen molar-refractivity contribution in [2.45, 2.75) is 37.9 Å². The molecular formula is C19H28N2O4. The van der Waals surface area contributed by atoms with Crippen LogP contribution in [0.3, 0.4) is 0 Å². The number of likely N-dealkylation sites (tertiary alicyclic amines) is 1. The molecule has 2 heterocycles. The fourth-order valence-corrected chi connectivity index (χ4v) is 3.39. The number of rotatable bonds is 4. The molecular weight excluding hydrogens is 320 g/mol. The van der Waals surface area contributed by atoms with E-state index in [1.54, 1.807) is 7.11 Å². The molecule has 25 heavy (non-hydrogen) atoms. The van der Waals surface area contributed by atoms with E-state index in [9.17, 15) is 4.79 Å². The lowest BCUT2D eigenvalue weighted by molar-refractivity contribution is -0.181. The van der Waals surface area contributed by atoms with Crippen molar-refractivity contribution in [2.24, 2.45) is 0 Å². The van der Waals surface area contributed by atoms with Gasteiger partial charge in [0.25, 0.3) is 0 Å². The summed E-state index contributed by atoms with van der Waals surface area (Å²) >= 11 is 0. The fourth-order valence-electron chi connectivity index (χ4n) is 3.39. The topological polar surface area (TPSA) is 60.0 Å². The molecule has 1 aromatic carbocycles. The Labute approximate surface area is 149 Å². The third-order valence-corrected chi connectivity index (χ3v) is 5.18. The Kier molecular flexibility index (Phi) is 5.20. The number of nitrogens with one attached hydrogen (secondary N) is 1. The predicted molar refractivity (Wildman–Crippen MR) is 94.9 cm³/mol. The van der Waals surface area contributed by atoms with Gasteiger partial charge in [0.15, 0.2) is 5.79 Å². The molecule has 0 atom stereocenters. The van der Waals surface area contributed by atoms with E-state index < -0.39 is 5.79 Å². The van der Waals surface area contributed by atoms with Gasteiger partial charge in [-0.15, -0.1) is 0 Å². The first-order chi connectivity index (χ1) is 11.9. The first-order valence-corrected chi connectivity index (χ1v) is 8.89. The van der Waals surface area contributed by atoms with Crippen LogP contribution in [0, 0.1) is 0 Å². The second kappa shape index (κ2) is 7.22. The highest BCUT2D eigenvalue weighted by atomic mass is 16.7. The first kappa shape index (κ1) is 18.0. The number of nitrogens with zero attached hydrogens (tertiary/aromatic N) is 1. The summed E-state index contributed by atoms with van der Waals surface area (Å²) < 4.78 is 16.6. The molecule has 138 valence electrons. The van der Waals surface area contributed by atoms with Crippen LogP contribution in [-0.4, -0.2) is 56.7 Å². The molecule has 3 rings (SSSR count). The SMILES string of the molecule is COc1ccc(C(C)(C)CNC(=O)N2CCC3(CC2)OCCO3)cc1. The van der Waals surface area contributed by atoms with Crippen molar-refractivity contribution in [3.05, 3.63) is 29.8 Å². The van der Waals surface area contributed by atoms with Crippen LogP contribution in [0.25, 0.3) is 0 Å². The molecule has 0 saturated carbocycles. The van der Waals surface area contributed by atoms with E-state index in [2.05, 4.69) is 19.2 Å². The molecule has 2 amide bonds. The van der Waals surface area contributed by atoms with Gasteiger partial charge in [0.05, 0.1) is 20.3 Å². The third-order valence-electron chi connectivity index (χ3n) is 5.18. The van der Waals surface area contributed by atoms with E-state index in [1.165, 1.54) is 5.56 Å². The summed E-state index contributed by atoms with van der Waals surface area (Å²) in [5.74, 6) is 0.390. The second-order valence-corrected chi connectivity index (χ2v) is 7.37. The third kappa shape index (κ3) is 4.07. The molecule has 0 bridgehead atoms. The van der Waals surface area contributed by atoms with Gasteiger partial charge in [0.1, 0.15) is 5.75 Å². The minimum Gasteiger partial charge on any atom is -0.497 e. The molecule has 0 radical (unpaired) electrons. The van der Waals surface area contributed by atoms with E-state index in [0.29, 0.717) is 32.8 Å². The number of amides is 2. The molecule has 2 saturated heterocycles. The van der Waals surface area contributed by atoms with Crippen LogP contribution in [0.5, 0.6) is 5.75 Å². The van der Waals surface area contributed by atoms with Crippen LogP contribution in [0.2, 0.25) is 0 Å². The maximum atomic E-state index is 12.5. The predicted octanol–water partition coefficient (Wildman–Crippen LogP) is 2.52. The summed E-state index contributed by atoms with van der Waals surface area (Å²) in [6, 6.07) is 7.97. The molecule has 0 unspecified atom stereocenters. The number of ether oxygens (including phenoxy) is 3. The van der Waals surface area contributed by atoms with Gasteiger partial charge in [0.2, 0.25) is 0 Å². The number of methoxy groups -OCH3 is 1. The highest BCUT2D eigenvalue weighted by molar-refractivity contribution is 5.74. The Morgan fingerprint density at radius 1 is 1.20 bits per heavy atom. The summed E-state index contributed by atoms with van der Waals surface area (Å²) in [7, 11) is 1.66. The zero-order valence-corrected chi connectivity index (χ0v) is 15.3. The highest BCUT2D eigenvalue weighted by Gasteiger charge is 2.40. The van der Waals surface area contributed by atoms with Gasteiger partial charge in [-0.3, -0.25) is 0 Å². The molecule has 2 fully saturated rings. The van der Waals surface area contributed by atoms with Crippen molar-refractivity contribution in [1.82, 2.24) is 10.2 Å². The van der Waals surface area contributed by atoms with Crippen molar-refractivity contribution in [3.8, 4) is 5.75 Å². The largest absolute Gasteiger partial charge is 0.497 e. The smallest absolute Gasteiger partial charge is 0.317 e. The average molecular weight is 348 g/mol. The molecule has 6 heteroatoms. The minimum atomic E-state index is -0.445. The summed E-state index contributed by atoms with van der Waals surface area (Å²) in [5.41, 5.74) is 1.01. The lowest BCUT2D eigenvalue weighted by atomic mass is 9.84. The van der Waals surface area contributed by atoms with Crippen LogP contribution >= 0.6 is 0 Å². The summed E-state index contributed by atoms with van der Waals surface area (Å²) in [4.78, 5) is 14.3. The van der Waals surface area contributed by atoms with Gasteiger partial charge >= 0.3 is 6.03 Å². The fraction of sp³-hybridized carbons (Fsp3) is 0.632. The maximum absolute atomic E-state index is 12.5. The Hall–Kier alpha value is -1.79. The lowest BCUT2D eigenvalue weighted by Gasteiger charge is -2.38. The maximum Gasteiger partial charge on any atom is 0.317 e. The molecule has 2 aliphatic rings. The molecule has 0 aromatic heterocycles. The monoisotopic (exact) mass is 348 g/mol. The normalized spacial score (nSPS) is 19.9. The quantitative estimate of drug-likeness (QED) is 0.908. The number of urea groups is 1. The van der Waals surface area contributed by atoms with Gasteiger partial charge in [-0.1, -0.05) is 26.0 Å². The first-order valence-electron chi connectivity index (χ1n) is 8.89. The summed E-state index contributed by atoms with van der Waals surface area (Å²) in [6.07, 6.45) is 1.48. The Morgan fingerprint density at radius 3 is 2.36 bits per heavy atom. The van der Waals surface area contributed by atoms with E-state index in [0.717, 1.165) is 18.6 Å². The minimum absolute atomic E-state index is 0.0190. The Balaban J connectivity index is 1.51. The van der Waals surface area contributed by atoms with E-state index in [4.69, 9.17) is 14.2 Å². The van der Waals surface area contributed by atoms with Crippen molar-refractivity contribution in [2.75, 3.05) is 40.0 Å². The van der Waals surface area contributed by atoms with E-state index >= 15 is 0 Å². The molecule has 0 aliphatic carbocycles. The van der Waals surface area contributed by atoms with Crippen molar-refractivity contribution < 1.29 is 19.0 Å². The van der Waals surface area contributed by atoms with Gasteiger partial charge in [0, 0.05) is 37.9 Å². The zero-order valence-electron chi connectivity index (χ0n) is 15.3. The Bertz CT molecular complexity index is 584. The highest BCUT2D eigenvalue weighted by Crippen LogP contribution is 2.31. The van der Waals surface area contributed by atoms with Crippen LogP contribution in [-0.2, 0) is 14.9 Å². The number of hydrogen-bond acceptors (Lipinski definition) is 4. The van der Waals surface area contributed by atoms with Crippen molar-refractivity contribution in [1.29, 1.82) is 0 Å². The van der Waals surface area contributed by atoms with Gasteiger partial charge in [-0.25, -0.2) is 4.79 Å². The van der Waals surface area contributed by atoms with Gasteiger partial charge in [-0.05, 0) is 17.7 Å². The summed E-state index contributed by atoms with van der Waals surface area (Å²) in [6.45, 7) is 7.46. The zero-order chi connectivity index (χ0) is 17.9. The second-order valence-electron chi connectivity index (χ2n) is 7.37. The van der Waals surface area contributed by atoms with Crippen LogP contribution in [0.15, 0.2) is 24.3 Å². The average Bonchev–Trinajstić information content (AvgIpc) is 3.08. The van der Waals surface area contributed by atoms with Gasteiger partial charge in [-0.2, -0.15) is 0 Å². The standard InChI is InChI=1S/C19H28N2O4/c1-18(2,15-4-6-16(23-3)7-5-15)14-20-17(22)21-10-8-19(9-11-21)24-12-13-25-19/h4-7H,8-14H2,1-3H3,(H,20,22). The number of benzene rings is 1. The van der Waals surface area contributed by atoms with Crippen LogP contribution < -0.4 is 10.1 Å². The lowest BCUT2D eigenvalue weighted by Crippen LogP contribution is -2.51. The molecule has 2 aliphatic heterocycles. The number of carbonyl (C=O) groups excluding carboxylic acids is 1. The van der Waals surface area contributed by atoms with E-state index in [1.807, 2.05) is 29.2 Å². The number of piperidine rings is 1. The van der Waals surface area contributed by atoms with Crippen molar-refractivity contribution >= 4 is 6.03 Å². The molecule has 6 nitrogen and oxygen atoms in total. The number of hydrogen-bond donors (Lipinski definition) is 1. The van der Waals surface area contributed by atoms with Crippen LogP contribution in [0.1, 0.15) is 32.3 Å². The molecule has 1 aromatic rings. The van der Waals surface area contributed by atoms with Crippen LogP contribution in [0.4, 0.5) is 4.79 Å². The van der Waals surface area contributed by atoms with E-state index in [-0.39, 0.29) is 11.4 Å².